The molecule has 1 aliphatic heterocycles. The summed E-state index contributed by atoms with van der Waals surface area (Å²) in [5.74, 6) is 0.629. The Morgan fingerprint density at radius 1 is 1.16 bits per heavy atom. The fourth-order valence-electron chi connectivity index (χ4n) is 2.57. The minimum absolute atomic E-state index is 0.318. The number of amides is 1. The summed E-state index contributed by atoms with van der Waals surface area (Å²) in [6.45, 7) is 5.41. The van der Waals surface area contributed by atoms with Crippen molar-refractivity contribution in [1.82, 2.24) is 0 Å². The molecule has 0 bridgehead atoms. The van der Waals surface area contributed by atoms with Gasteiger partial charge in [0.1, 0.15) is 11.4 Å². The molecule has 7 heteroatoms. The topological polar surface area (TPSA) is 75.3 Å². The number of anilines is 1. The van der Waals surface area contributed by atoms with Gasteiger partial charge >= 0.3 is 6.09 Å². The summed E-state index contributed by atoms with van der Waals surface area (Å²) in [7, 11) is 4.62. The van der Waals surface area contributed by atoms with E-state index in [1.165, 1.54) is 7.11 Å². The maximum atomic E-state index is 12.2. The third-order valence-electron chi connectivity index (χ3n) is 3.53. The van der Waals surface area contributed by atoms with E-state index in [0.29, 0.717) is 17.4 Å². The standard InChI is InChI=1S/C18H25NO6/c1-18(2,3)25-17(20)19-12-8-7-9-13(21-4)15(12)11-10-14(22-5)24-16(11)23-6/h7-11,16H,1-6H3,(H,19,20). The highest BCUT2D eigenvalue weighted by Crippen LogP contribution is 2.41. The van der Waals surface area contributed by atoms with Crippen LogP contribution < -0.4 is 10.1 Å². The third kappa shape index (κ3) is 4.57. The molecule has 0 aromatic heterocycles. The van der Waals surface area contributed by atoms with E-state index in [-0.39, 0.29) is 5.92 Å². The first-order valence-electron chi connectivity index (χ1n) is 7.91. The quantitative estimate of drug-likeness (QED) is 0.873. The lowest BCUT2D eigenvalue weighted by atomic mass is 9.96. The van der Waals surface area contributed by atoms with Crippen molar-refractivity contribution >= 4 is 11.8 Å². The van der Waals surface area contributed by atoms with E-state index in [4.69, 9.17) is 23.7 Å². The van der Waals surface area contributed by atoms with E-state index in [2.05, 4.69) is 5.32 Å². The van der Waals surface area contributed by atoms with Gasteiger partial charge in [-0.2, -0.15) is 0 Å². The number of carbonyl (C=O) groups excluding carboxylic acids is 1. The van der Waals surface area contributed by atoms with Crippen LogP contribution in [0.1, 0.15) is 32.3 Å². The van der Waals surface area contributed by atoms with Crippen LogP contribution in [0.3, 0.4) is 0 Å². The fraction of sp³-hybridized carbons (Fsp3) is 0.500. The maximum absolute atomic E-state index is 12.2. The summed E-state index contributed by atoms with van der Waals surface area (Å²) < 4.78 is 26.9. The first kappa shape index (κ1) is 18.9. The third-order valence-corrected chi connectivity index (χ3v) is 3.53. The number of benzene rings is 1. The normalized spacial score (nSPS) is 19.7. The molecular formula is C18H25NO6. The van der Waals surface area contributed by atoms with E-state index >= 15 is 0 Å². The second kappa shape index (κ2) is 7.65. The smallest absolute Gasteiger partial charge is 0.412 e. The highest BCUT2D eigenvalue weighted by atomic mass is 16.8. The molecule has 138 valence electrons. The molecule has 0 aliphatic carbocycles. The lowest BCUT2D eigenvalue weighted by Gasteiger charge is -2.24. The molecular weight excluding hydrogens is 326 g/mol. The van der Waals surface area contributed by atoms with Gasteiger partial charge in [0, 0.05) is 18.7 Å². The molecule has 1 N–H and O–H groups in total. The molecule has 2 atom stereocenters. The summed E-state index contributed by atoms with van der Waals surface area (Å²) >= 11 is 0. The molecule has 2 rings (SSSR count). The highest BCUT2D eigenvalue weighted by molar-refractivity contribution is 5.87. The van der Waals surface area contributed by atoms with Gasteiger partial charge in [0.15, 0.2) is 0 Å². The second-order valence-corrected chi connectivity index (χ2v) is 6.49. The van der Waals surface area contributed by atoms with Crippen LogP contribution in [0.15, 0.2) is 30.2 Å². The van der Waals surface area contributed by atoms with Gasteiger partial charge < -0.3 is 23.7 Å². The van der Waals surface area contributed by atoms with Crippen molar-refractivity contribution < 1.29 is 28.5 Å². The molecule has 1 heterocycles. The van der Waals surface area contributed by atoms with Gasteiger partial charge in [0.05, 0.1) is 25.8 Å². The number of carbonyl (C=O) groups is 1. The van der Waals surface area contributed by atoms with E-state index in [0.717, 1.165) is 5.56 Å². The van der Waals surface area contributed by atoms with Crippen molar-refractivity contribution in [2.45, 2.75) is 38.6 Å². The Bertz CT molecular complexity index is 649. The van der Waals surface area contributed by atoms with E-state index in [9.17, 15) is 4.79 Å². The fourth-order valence-corrected chi connectivity index (χ4v) is 2.57. The molecule has 0 radical (unpaired) electrons. The number of rotatable bonds is 5. The molecule has 1 aromatic carbocycles. The average Bonchev–Trinajstić information content (AvgIpc) is 2.95. The van der Waals surface area contributed by atoms with Crippen molar-refractivity contribution in [3.63, 3.8) is 0 Å². The van der Waals surface area contributed by atoms with Gasteiger partial charge in [-0.05, 0) is 32.9 Å². The Hall–Kier alpha value is -2.41. The summed E-state index contributed by atoms with van der Waals surface area (Å²) in [5, 5.41) is 2.77. The van der Waals surface area contributed by atoms with Gasteiger partial charge in [-0.25, -0.2) is 4.79 Å². The van der Waals surface area contributed by atoms with Crippen molar-refractivity contribution in [2.75, 3.05) is 26.6 Å². The minimum atomic E-state index is -0.599. The van der Waals surface area contributed by atoms with E-state index in [1.54, 1.807) is 59.3 Å². The number of ether oxygens (including phenoxy) is 5. The Morgan fingerprint density at radius 2 is 1.88 bits per heavy atom. The predicted octanol–water partition coefficient (Wildman–Crippen LogP) is 3.62. The average molecular weight is 351 g/mol. The largest absolute Gasteiger partial charge is 0.496 e. The summed E-state index contributed by atoms with van der Waals surface area (Å²) in [5.41, 5.74) is 0.672. The molecule has 1 amide bonds. The van der Waals surface area contributed by atoms with Gasteiger partial charge in [-0.15, -0.1) is 0 Å². The Labute approximate surface area is 147 Å². The molecule has 0 saturated carbocycles. The molecule has 25 heavy (non-hydrogen) atoms. The molecule has 0 spiro atoms. The van der Waals surface area contributed by atoms with Crippen molar-refractivity contribution in [2.24, 2.45) is 0 Å². The second-order valence-electron chi connectivity index (χ2n) is 6.49. The molecule has 7 nitrogen and oxygen atoms in total. The monoisotopic (exact) mass is 351 g/mol. The van der Waals surface area contributed by atoms with Crippen LogP contribution >= 0.6 is 0 Å². The zero-order valence-corrected chi connectivity index (χ0v) is 15.4. The first-order valence-corrected chi connectivity index (χ1v) is 7.91. The zero-order valence-electron chi connectivity index (χ0n) is 15.4. The molecule has 2 unspecified atom stereocenters. The molecule has 1 aromatic rings. The summed E-state index contributed by atoms with van der Waals surface area (Å²) in [4.78, 5) is 12.2. The van der Waals surface area contributed by atoms with E-state index < -0.39 is 18.0 Å². The zero-order chi connectivity index (χ0) is 18.6. The highest BCUT2D eigenvalue weighted by Gasteiger charge is 2.35. The van der Waals surface area contributed by atoms with Crippen molar-refractivity contribution in [1.29, 1.82) is 0 Å². The first-order chi connectivity index (χ1) is 11.8. The lowest BCUT2D eigenvalue weighted by Crippen LogP contribution is -2.28. The maximum Gasteiger partial charge on any atom is 0.412 e. The van der Waals surface area contributed by atoms with Crippen LogP contribution in [-0.4, -0.2) is 39.3 Å². The van der Waals surface area contributed by atoms with Crippen LogP contribution in [0, 0.1) is 0 Å². The summed E-state index contributed by atoms with van der Waals surface area (Å²) in [6, 6.07) is 5.36. The van der Waals surface area contributed by atoms with Crippen LogP contribution in [0.5, 0.6) is 5.75 Å². The number of nitrogens with one attached hydrogen (secondary N) is 1. The van der Waals surface area contributed by atoms with Crippen molar-refractivity contribution in [3.8, 4) is 5.75 Å². The summed E-state index contributed by atoms with van der Waals surface area (Å²) in [6.07, 6.45) is 0.642. The van der Waals surface area contributed by atoms with Gasteiger partial charge in [-0.3, -0.25) is 5.32 Å². The Balaban J connectivity index is 2.39. The Kier molecular flexibility index (Phi) is 5.79. The number of hydrogen-bond donors (Lipinski definition) is 1. The predicted molar refractivity (Wildman–Crippen MR) is 92.6 cm³/mol. The SMILES string of the molecule is COC1=CC(c2c(NC(=O)OC(C)(C)C)cccc2OC)C(OC)O1. The van der Waals surface area contributed by atoms with Crippen LogP contribution in [0.4, 0.5) is 10.5 Å². The lowest BCUT2D eigenvalue weighted by molar-refractivity contribution is -0.116. The number of methoxy groups -OCH3 is 3. The van der Waals surface area contributed by atoms with E-state index in [1.807, 2.05) is 0 Å². The molecule has 1 aliphatic rings. The number of hydrogen-bond acceptors (Lipinski definition) is 6. The van der Waals surface area contributed by atoms with Crippen molar-refractivity contribution in [3.05, 3.63) is 35.8 Å². The minimum Gasteiger partial charge on any atom is -0.496 e. The van der Waals surface area contributed by atoms with Gasteiger partial charge in [-0.1, -0.05) is 6.07 Å². The molecule has 0 fully saturated rings. The van der Waals surface area contributed by atoms with Crippen LogP contribution in [0.2, 0.25) is 0 Å². The van der Waals surface area contributed by atoms with Gasteiger partial charge in [0.2, 0.25) is 6.29 Å². The van der Waals surface area contributed by atoms with Crippen LogP contribution in [0.25, 0.3) is 0 Å². The van der Waals surface area contributed by atoms with Gasteiger partial charge in [0.25, 0.3) is 5.95 Å². The molecule has 0 saturated heterocycles. The Morgan fingerprint density at radius 3 is 2.44 bits per heavy atom. The van der Waals surface area contributed by atoms with Crippen LogP contribution in [-0.2, 0) is 18.9 Å².